The van der Waals surface area contributed by atoms with E-state index in [1.54, 1.807) is 19.1 Å². The highest BCUT2D eigenvalue weighted by molar-refractivity contribution is 9.09. The molecule has 1 aromatic rings. The molecule has 1 aliphatic carbocycles. The zero-order chi connectivity index (χ0) is 15.4. The molecule has 2 unspecified atom stereocenters. The van der Waals surface area contributed by atoms with E-state index in [9.17, 15) is 14.9 Å². The maximum Gasteiger partial charge on any atom is 0.273 e. The molecule has 0 heterocycles. The molecule has 0 bridgehead atoms. The smallest absolute Gasteiger partial charge is 0.273 e. The van der Waals surface area contributed by atoms with Gasteiger partial charge < -0.3 is 5.32 Å². The minimum atomic E-state index is -0.453. The van der Waals surface area contributed by atoms with Gasteiger partial charge in [-0.2, -0.15) is 0 Å². The minimum Gasteiger partial charge on any atom is -0.348 e. The second-order valence-corrected chi connectivity index (χ2v) is 6.67. The zero-order valence-electron chi connectivity index (χ0n) is 12.0. The van der Waals surface area contributed by atoms with Crippen LogP contribution in [0.3, 0.4) is 0 Å². The van der Waals surface area contributed by atoms with Gasteiger partial charge in [-0.1, -0.05) is 41.3 Å². The Kier molecular flexibility index (Phi) is 5.33. The first kappa shape index (κ1) is 15.9. The summed E-state index contributed by atoms with van der Waals surface area (Å²) in [6, 6.07) is 4.69. The van der Waals surface area contributed by atoms with Gasteiger partial charge in [-0.25, -0.2) is 0 Å². The molecule has 0 radical (unpaired) electrons. The molecular weight excluding hydrogens is 336 g/mol. The first-order valence-corrected chi connectivity index (χ1v) is 8.10. The summed E-state index contributed by atoms with van der Waals surface area (Å²) in [6.45, 7) is 1.67. The Morgan fingerprint density at radius 1 is 1.33 bits per heavy atom. The lowest BCUT2D eigenvalue weighted by Crippen LogP contribution is -2.40. The molecule has 0 spiro atoms. The number of benzene rings is 1. The second kappa shape index (κ2) is 7.02. The van der Waals surface area contributed by atoms with Crippen LogP contribution in [0.1, 0.15) is 48.0 Å². The SMILES string of the molecule is Cc1ccc(C(=O)NC2CCCCCC2Br)cc1[N+](=O)[O-]. The van der Waals surface area contributed by atoms with Crippen molar-refractivity contribution in [1.29, 1.82) is 0 Å². The van der Waals surface area contributed by atoms with Gasteiger partial charge in [-0.15, -0.1) is 0 Å². The Bertz CT molecular complexity index is 548. The van der Waals surface area contributed by atoms with Crippen LogP contribution in [-0.2, 0) is 0 Å². The summed E-state index contributed by atoms with van der Waals surface area (Å²) in [5.41, 5.74) is 0.888. The third kappa shape index (κ3) is 4.03. The number of nitrogens with one attached hydrogen (secondary N) is 1. The number of hydrogen-bond donors (Lipinski definition) is 1. The number of nitro groups is 1. The Hall–Kier alpha value is -1.43. The molecule has 1 aliphatic rings. The summed E-state index contributed by atoms with van der Waals surface area (Å²) in [5, 5.41) is 14.0. The maximum absolute atomic E-state index is 12.3. The van der Waals surface area contributed by atoms with E-state index in [0.29, 0.717) is 11.1 Å². The van der Waals surface area contributed by atoms with Crippen LogP contribution < -0.4 is 5.32 Å². The Labute approximate surface area is 132 Å². The Morgan fingerprint density at radius 2 is 2.05 bits per heavy atom. The first-order valence-electron chi connectivity index (χ1n) is 7.19. The number of carbonyl (C=O) groups excluding carboxylic acids is 1. The lowest BCUT2D eigenvalue weighted by Gasteiger charge is -2.21. The van der Waals surface area contributed by atoms with Crippen molar-refractivity contribution in [1.82, 2.24) is 5.32 Å². The first-order chi connectivity index (χ1) is 9.99. The molecule has 1 saturated carbocycles. The van der Waals surface area contributed by atoms with Gasteiger partial charge in [0.15, 0.2) is 0 Å². The van der Waals surface area contributed by atoms with E-state index in [1.807, 2.05) is 0 Å². The van der Waals surface area contributed by atoms with Gasteiger partial charge in [0.2, 0.25) is 0 Å². The lowest BCUT2D eigenvalue weighted by atomic mass is 10.1. The van der Waals surface area contributed by atoms with Gasteiger partial charge >= 0.3 is 0 Å². The fraction of sp³-hybridized carbons (Fsp3) is 0.533. The molecule has 1 N–H and O–H groups in total. The van der Waals surface area contributed by atoms with Crippen LogP contribution in [0.2, 0.25) is 0 Å². The van der Waals surface area contributed by atoms with Crippen LogP contribution in [-0.4, -0.2) is 21.7 Å². The molecule has 1 amide bonds. The third-order valence-corrected chi connectivity index (χ3v) is 5.01. The lowest BCUT2D eigenvalue weighted by molar-refractivity contribution is -0.385. The van der Waals surface area contributed by atoms with E-state index in [2.05, 4.69) is 21.2 Å². The molecule has 2 rings (SSSR count). The van der Waals surface area contributed by atoms with E-state index >= 15 is 0 Å². The van der Waals surface area contributed by atoms with Crippen molar-refractivity contribution in [3.05, 3.63) is 39.4 Å². The fourth-order valence-corrected chi connectivity index (χ4v) is 3.34. The fourth-order valence-electron chi connectivity index (χ4n) is 2.62. The van der Waals surface area contributed by atoms with Gasteiger partial charge in [-0.05, 0) is 25.8 Å². The number of carbonyl (C=O) groups is 1. The number of amides is 1. The van der Waals surface area contributed by atoms with E-state index in [-0.39, 0.29) is 22.5 Å². The highest BCUT2D eigenvalue weighted by atomic mass is 79.9. The molecule has 2 atom stereocenters. The molecule has 0 aliphatic heterocycles. The largest absolute Gasteiger partial charge is 0.348 e. The number of nitro benzene ring substituents is 1. The van der Waals surface area contributed by atoms with E-state index < -0.39 is 4.92 Å². The Morgan fingerprint density at radius 3 is 2.76 bits per heavy atom. The molecular formula is C15H19BrN2O3. The molecule has 5 nitrogen and oxygen atoms in total. The van der Waals surface area contributed by atoms with Crippen molar-refractivity contribution in [3.8, 4) is 0 Å². The summed E-state index contributed by atoms with van der Waals surface area (Å²) < 4.78 is 0. The summed E-state index contributed by atoms with van der Waals surface area (Å²) in [7, 11) is 0. The maximum atomic E-state index is 12.3. The molecule has 1 aromatic carbocycles. The van der Waals surface area contributed by atoms with Crippen molar-refractivity contribution in [3.63, 3.8) is 0 Å². The number of aryl methyl sites for hydroxylation is 1. The standard InChI is InChI=1S/C15H19BrN2O3/c1-10-7-8-11(9-14(10)18(20)21)15(19)17-13-6-4-2-3-5-12(13)16/h7-9,12-13H,2-6H2,1H3,(H,17,19). The summed E-state index contributed by atoms with van der Waals surface area (Å²) in [5.74, 6) is -0.241. The highest BCUT2D eigenvalue weighted by Gasteiger charge is 2.24. The topological polar surface area (TPSA) is 72.2 Å². The van der Waals surface area contributed by atoms with Crippen LogP contribution in [0.5, 0.6) is 0 Å². The quantitative estimate of drug-likeness (QED) is 0.389. The number of halogens is 1. The summed E-state index contributed by atoms with van der Waals surface area (Å²) in [4.78, 5) is 23.1. The Balaban J connectivity index is 2.12. The molecule has 1 fully saturated rings. The molecule has 114 valence electrons. The predicted molar refractivity (Wildman–Crippen MR) is 84.9 cm³/mol. The van der Waals surface area contributed by atoms with E-state index in [1.165, 1.54) is 12.5 Å². The van der Waals surface area contributed by atoms with Gasteiger partial charge in [0, 0.05) is 28.1 Å². The zero-order valence-corrected chi connectivity index (χ0v) is 13.6. The van der Waals surface area contributed by atoms with Crippen molar-refractivity contribution in [2.75, 3.05) is 0 Å². The number of rotatable bonds is 3. The minimum absolute atomic E-state index is 0.0149. The summed E-state index contributed by atoms with van der Waals surface area (Å²) >= 11 is 3.63. The van der Waals surface area contributed by atoms with Crippen molar-refractivity contribution >= 4 is 27.5 Å². The predicted octanol–water partition coefficient (Wildman–Crippen LogP) is 3.73. The third-order valence-electron chi connectivity index (χ3n) is 3.92. The number of hydrogen-bond acceptors (Lipinski definition) is 3. The van der Waals surface area contributed by atoms with Gasteiger partial charge in [-0.3, -0.25) is 14.9 Å². The van der Waals surface area contributed by atoms with Crippen molar-refractivity contribution < 1.29 is 9.72 Å². The summed E-state index contributed by atoms with van der Waals surface area (Å²) in [6.07, 6.45) is 5.43. The number of alkyl halides is 1. The number of nitrogens with zero attached hydrogens (tertiary/aromatic N) is 1. The van der Waals surface area contributed by atoms with Gasteiger partial charge in [0.05, 0.1) is 4.92 Å². The molecule has 21 heavy (non-hydrogen) atoms. The average Bonchev–Trinajstić information content (AvgIpc) is 2.64. The van der Waals surface area contributed by atoms with Crippen LogP contribution in [0.25, 0.3) is 0 Å². The second-order valence-electron chi connectivity index (χ2n) is 5.49. The van der Waals surface area contributed by atoms with Crippen LogP contribution in [0.4, 0.5) is 5.69 Å². The van der Waals surface area contributed by atoms with Gasteiger partial charge in [0.25, 0.3) is 11.6 Å². The van der Waals surface area contributed by atoms with Crippen molar-refractivity contribution in [2.24, 2.45) is 0 Å². The van der Waals surface area contributed by atoms with Crippen LogP contribution in [0, 0.1) is 17.0 Å². The highest BCUT2D eigenvalue weighted by Crippen LogP contribution is 2.24. The van der Waals surface area contributed by atoms with Crippen LogP contribution in [0.15, 0.2) is 18.2 Å². The molecule has 0 aromatic heterocycles. The van der Waals surface area contributed by atoms with E-state index in [0.717, 1.165) is 25.7 Å². The normalized spacial score (nSPS) is 22.4. The van der Waals surface area contributed by atoms with Crippen LogP contribution >= 0.6 is 15.9 Å². The molecule has 0 saturated heterocycles. The van der Waals surface area contributed by atoms with Crippen molar-refractivity contribution in [2.45, 2.75) is 49.9 Å². The van der Waals surface area contributed by atoms with E-state index in [4.69, 9.17) is 0 Å². The molecule has 6 heteroatoms. The average molecular weight is 355 g/mol. The van der Waals surface area contributed by atoms with Gasteiger partial charge in [0.1, 0.15) is 0 Å². The monoisotopic (exact) mass is 354 g/mol.